The smallest absolute Gasteiger partial charge is 0.284 e. The van der Waals surface area contributed by atoms with Gasteiger partial charge >= 0.3 is 0 Å². The summed E-state index contributed by atoms with van der Waals surface area (Å²) in [5.41, 5.74) is 4.18. The maximum absolute atomic E-state index is 12.2. The SMILES string of the molecule is Cc1ccc(-c2ccc(-c3n[nH]c(=S)o3)c(=O)[nH]2)cc1C. The van der Waals surface area contributed by atoms with Gasteiger partial charge in [0.1, 0.15) is 5.56 Å². The molecule has 0 saturated heterocycles. The van der Waals surface area contributed by atoms with E-state index in [0.29, 0.717) is 5.56 Å². The fraction of sp³-hybridized carbons (Fsp3) is 0.133. The number of nitrogens with one attached hydrogen (secondary N) is 2. The van der Waals surface area contributed by atoms with Crippen molar-refractivity contribution < 1.29 is 4.42 Å². The number of rotatable bonds is 2. The van der Waals surface area contributed by atoms with Crippen LogP contribution in [0.5, 0.6) is 0 Å². The van der Waals surface area contributed by atoms with Crippen LogP contribution >= 0.6 is 12.2 Å². The largest absolute Gasteiger partial charge is 0.409 e. The maximum atomic E-state index is 12.2. The highest BCUT2D eigenvalue weighted by atomic mass is 32.1. The Morgan fingerprint density at radius 3 is 2.57 bits per heavy atom. The Hall–Kier alpha value is -2.47. The Kier molecular flexibility index (Phi) is 3.31. The third kappa shape index (κ3) is 2.57. The second-order valence-electron chi connectivity index (χ2n) is 4.83. The van der Waals surface area contributed by atoms with Gasteiger partial charge in [0.25, 0.3) is 16.3 Å². The van der Waals surface area contributed by atoms with Crippen molar-refractivity contribution in [2.45, 2.75) is 13.8 Å². The zero-order valence-corrected chi connectivity index (χ0v) is 12.4. The Bertz CT molecular complexity index is 921. The van der Waals surface area contributed by atoms with E-state index < -0.39 is 0 Å². The second-order valence-corrected chi connectivity index (χ2v) is 5.20. The van der Waals surface area contributed by atoms with Gasteiger partial charge in [0.05, 0.1) is 0 Å². The Morgan fingerprint density at radius 2 is 1.95 bits per heavy atom. The monoisotopic (exact) mass is 299 g/mol. The molecule has 6 heteroatoms. The lowest BCUT2D eigenvalue weighted by Crippen LogP contribution is -2.09. The van der Waals surface area contributed by atoms with Crippen molar-refractivity contribution in [3.63, 3.8) is 0 Å². The van der Waals surface area contributed by atoms with Gasteiger partial charge in [-0.3, -0.25) is 4.79 Å². The van der Waals surface area contributed by atoms with Crippen molar-refractivity contribution in [3.8, 4) is 22.7 Å². The van der Waals surface area contributed by atoms with Crippen LogP contribution in [0.15, 0.2) is 39.5 Å². The maximum Gasteiger partial charge on any atom is 0.284 e. The third-order valence-electron chi connectivity index (χ3n) is 3.40. The van der Waals surface area contributed by atoms with Crippen LogP contribution in [0.3, 0.4) is 0 Å². The Balaban J connectivity index is 2.07. The molecular weight excluding hydrogens is 286 g/mol. The molecule has 0 fully saturated rings. The summed E-state index contributed by atoms with van der Waals surface area (Å²) in [5, 5.41) is 6.36. The normalized spacial score (nSPS) is 10.8. The Labute approximate surface area is 125 Å². The molecule has 2 aromatic heterocycles. The minimum absolute atomic E-state index is 0.141. The van der Waals surface area contributed by atoms with Gasteiger partial charge in [0.15, 0.2) is 0 Å². The minimum Gasteiger partial charge on any atom is -0.409 e. The standard InChI is InChI=1S/C15H13N3O2S/c1-8-3-4-10(7-9(8)2)12-6-5-11(13(19)16-12)14-17-18-15(21)20-14/h3-7H,1-2H3,(H,16,19)(H,18,21). The zero-order valence-electron chi connectivity index (χ0n) is 11.6. The highest BCUT2D eigenvalue weighted by molar-refractivity contribution is 7.71. The number of aromatic amines is 2. The van der Waals surface area contributed by atoms with Crippen LogP contribution in [0.4, 0.5) is 0 Å². The zero-order chi connectivity index (χ0) is 15.0. The number of aromatic nitrogens is 3. The van der Waals surface area contributed by atoms with Gasteiger partial charge in [0.2, 0.25) is 0 Å². The van der Waals surface area contributed by atoms with Crippen molar-refractivity contribution >= 4 is 12.2 Å². The van der Waals surface area contributed by atoms with E-state index in [9.17, 15) is 4.79 Å². The molecule has 0 saturated carbocycles. The van der Waals surface area contributed by atoms with E-state index in [0.717, 1.165) is 11.3 Å². The van der Waals surface area contributed by atoms with Gasteiger partial charge in [-0.15, -0.1) is 5.10 Å². The number of nitrogens with zero attached hydrogens (tertiary/aromatic N) is 1. The predicted molar refractivity (Wildman–Crippen MR) is 82.7 cm³/mol. The molecule has 2 heterocycles. The lowest BCUT2D eigenvalue weighted by atomic mass is 10.0. The van der Waals surface area contributed by atoms with Crippen molar-refractivity contribution in [1.82, 2.24) is 15.2 Å². The first-order chi connectivity index (χ1) is 10.0. The highest BCUT2D eigenvalue weighted by Gasteiger charge is 2.10. The second kappa shape index (κ2) is 5.14. The Morgan fingerprint density at radius 1 is 1.14 bits per heavy atom. The van der Waals surface area contributed by atoms with Gasteiger partial charge in [-0.25, -0.2) is 5.10 Å². The van der Waals surface area contributed by atoms with E-state index >= 15 is 0 Å². The number of pyridine rings is 1. The highest BCUT2D eigenvalue weighted by Crippen LogP contribution is 2.21. The molecular formula is C15H13N3O2S. The molecule has 2 N–H and O–H groups in total. The molecule has 0 aliphatic carbocycles. The number of hydrogen-bond acceptors (Lipinski definition) is 4. The molecule has 5 nitrogen and oxygen atoms in total. The molecule has 3 aromatic rings. The molecule has 0 aliphatic heterocycles. The van der Waals surface area contributed by atoms with Crippen LogP contribution in [0.1, 0.15) is 11.1 Å². The van der Waals surface area contributed by atoms with Gasteiger partial charge in [-0.05, 0) is 61.0 Å². The van der Waals surface area contributed by atoms with Crippen LogP contribution in [0, 0.1) is 18.7 Å². The summed E-state index contributed by atoms with van der Waals surface area (Å²) in [5.74, 6) is 0.188. The van der Waals surface area contributed by atoms with Gasteiger partial charge in [0, 0.05) is 5.69 Å². The summed E-state index contributed by atoms with van der Waals surface area (Å²) in [6.07, 6.45) is 0. The average molecular weight is 299 g/mol. The molecule has 0 bridgehead atoms. The van der Waals surface area contributed by atoms with Crippen molar-refractivity contribution in [3.05, 3.63) is 56.6 Å². The van der Waals surface area contributed by atoms with E-state index in [2.05, 4.69) is 22.1 Å². The molecule has 1 aromatic carbocycles. The van der Waals surface area contributed by atoms with Crippen LogP contribution in [0.25, 0.3) is 22.7 Å². The quantitative estimate of drug-likeness (QED) is 0.711. The first-order valence-corrected chi connectivity index (χ1v) is 6.82. The molecule has 106 valence electrons. The van der Waals surface area contributed by atoms with E-state index in [1.54, 1.807) is 6.07 Å². The van der Waals surface area contributed by atoms with E-state index in [-0.39, 0.29) is 16.3 Å². The molecule has 0 unspecified atom stereocenters. The molecule has 0 spiro atoms. The summed E-state index contributed by atoms with van der Waals surface area (Å²) in [4.78, 5) is 15.2. The average Bonchev–Trinajstić information content (AvgIpc) is 2.88. The molecule has 0 aliphatic rings. The number of hydrogen-bond donors (Lipinski definition) is 2. The predicted octanol–water partition coefficient (Wildman–Crippen LogP) is 3.37. The summed E-state index contributed by atoms with van der Waals surface area (Å²) in [6, 6.07) is 9.56. The third-order valence-corrected chi connectivity index (χ3v) is 3.57. The summed E-state index contributed by atoms with van der Waals surface area (Å²) >= 11 is 4.81. The fourth-order valence-electron chi connectivity index (χ4n) is 2.06. The number of H-pyrrole nitrogens is 2. The van der Waals surface area contributed by atoms with Gasteiger partial charge in [-0.2, -0.15) is 0 Å². The van der Waals surface area contributed by atoms with Crippen molar-refractivity contribution in [2.24, 2.45) is 0 Å². The topological polar surface area (TPSA) is 74.7 Å². The lowest BCUT2D eigenvalue weighted by molar-refractivity contribution is 0.551. The fourth-order valence-corrected chi connectivity index (χ4v) is 2.19. The van der Waals surface area contributed by atoms with E-state index in [1.165, 1.54) is 11.1 Å². The first-order valence-electron chi connectivity index (χ1n) is 6.41. The van der Waals surface area contributed by atoms with Crippen molar-refractivity contribution in [1.29, 1.82) is 0 Å². The first kappa shape index (κ1) is 13.5. The molecule has 0 amide bonds. The van der Waals surface area contributed by atoms with Crippen LogP contribution < -0.4 is 5.56 Å². The van der Waals surface area contributed by atoms with Crippen molar-refractivity contribution in [2.75, 3.05) is 0 Å². The lowest BCUT2D eigenvalue weighted by Gasteiger charge is -2.06. The summed E-state index contributed by atoms with van der Waals surface area (Å²) in [7, 11) is 0. The summed E-state index contributed by atoms with van der Waals surface area (Å²) in [6.45, 7) is 4.09. The summed E-state index contributed by atoms with van der Waals surface area (Å²) < 4.78 is 5.16. The molecule has 21 heavy (non-hydrogen) atoms. The van der Waals surface area contributed by atoms with E-state index in [1.807, 2.05) is 31.2 Å². The van der Waals surface area contributed by atoms with Crippen LogP contribution in [-0.2, 0) is 0 Å². The minimum atomic E-state index is -0.268. The van der Waals surface area contributed by atoms with Gasteiger partial charge in [-0.1, -0.05) is 12.1 Å². The van der Waals surface area contributed by atoms with Crippen LogP contribution in [-0.4, -0.2) is 15.2 Å². The molecule has 0 radical (unpaired) electrons. The molecule has 0 atom stereocenters. The number of benzene rings is 1. The number of aryl methyl sites for hydroxylation is 2. The van der Waals surface area contributed by atoms with Gasteiger partial charge < -0.3 is 9.40 Å². The molecule has 3 rings (SSSR count). The van der Waals surface area contributed by atoms with Crippen LogP contribution in [0.2, 0.25) is 0 Å². The van der Waals surface area contributed by atoms with E-state index in [4.69, 9.17) is 16.6 Å².